The van der Waals surface area contributed by atoms with Gasteiger partial charge < -0.3 is 14.7 Å². The van der Waals surface area contributed by atoms with E-state index < -0.39 is 5.60 Å². The molecule has 1 aliphatic carbocycles. The van der Waals surface area contributed by atoms with E-state index in [1.807, 2.05) is 20.9 Å². The van der Waals surface area contributed by atoms with Gasteiger partial charge in [-0.25, -0.2) is 0 Å². The molecule has 1 saturated heterocycles. The highest BCUT2D eigenvalue weighted by molar-refractivity contribution is 5.95. The van der Waals surface area contributed by atoms with E-state index in [1.165, 1.54) is 0 Å². The number of hydrogen-bond acceptors (Lipinski definition) is 4. The minimum Gasteiger partial charge on any atom is -0.386 e. The van der Waals surface area contributed by atoms with Crippen molar-refractivity contribution in [3.63, 3.8) is 0 Å². The molecule has 4 rings (SSSR count). The van der Waals surface area contributed by atoms with Crippen molar-refractivity contribution in [1.29, 1.82) is 0 Å². The number of amides is 1. The maximum Gasteiger partial charge on any atom is 0.274 e. The van der Waals surface area contributed by atoms with E-state index in [1.54, 1.807) is 9.58 Å². The fraction of sp³-hybridized carbons (Fsp3) is 0.750. The number of rotatable bonds is 2. The van der Waals surface area contributed by atoms with Crippen LogP contribution in [0.25, 0.3) is 0 Å². The summed E-state index contributed by atoms with van der Waals surface area (Å²) in [5, 5.41) is 14.9. The summed E-state index contributed by atoms with van der Waals surface area (Å²) in [4.78, 5) is 14.5. The summed E-state index contributed by atoms with van der Waals surface area (Å²) in [5.41, 5.74) is 1.91. The molecule has 0 unspecified atom stereocenters. The van der Waals surface area contributed by atoms with Crippen LogP contribution in [0, 0.1) is 5.92 Å². The average Bonchev–Trinajstić information content (AvgIpc) is 3.19. The molecule has 6 heteroatoms. The average molecular weight is 305 g/mol. The highest BCUT2D eigenvalue weighted by Crippen LogP contribution is 2.45. The molecule has 2 fully saturated rings. The van der Waals surface area contributed by atoms with E-state index in [0.717, 1.165) is 30.5 Å². The van der Waals surface area contributed by atoms with E-state index in [-0.39, 0.29) is 18.1 Å². The summed E-state index contributed by atoms with van der Waals surface area (Å²) >= 11 is 0. The second-order valence-electron chi connectivity index (χ2n) is 7.17. The van der Waals surface area contributed by atoms with Gasteiger partial charge in [-0.2, -0.15) is 5.10 Å². The van der Waals surface area contributed by atoms with Crippen LogP contribution in [-0.4, -0.2) is 50.5 Å². The van der Waals surface area contributed by atoms with Crippen molar-refractivity contribution in [3.8, 4) is 0 Å². The van der Waals surface area contributed by atoms with Gasteiger partial charge in [-0.05, 0) is 32.6 Å². The SMILES string of the molecule is C[C@@H]1Cc2c(C(=O)N3CC(O)(C4CC4)C3)nn(C)c2[C@H](C)O1. The zero-order valence-corrected chi connectivity index (χ0v) is 13.4. The highest BCUT2D eigenvalue weighted by Gasteiger charge is 2.53. The number of likely N-dealkylation sites (tertiary alicyclic amines) is 1. The van der Waals surface area contributed by atoms with Gasteiger partial charge in [0.05, 0.1) is 31.0 Å². The minimum absolute atomic E-state index is 0.0439. The molecule has 6 nitrogen and oxygen atoms in total. The standard InChI is InChI=1S/C16H23N3O3/c1-9-6-12-13(17-18(3)14(12)10(2)22-9)15(20)19-7-16(21,8-19)11-4-5-11/h9-11,21H,4-8H2,1-3H3/t9-,10+/m1/s1. The van der Waals surface area contributed by atoms with Crippen molar-refractivity contribution in [2.75, 3.05) is 13.1 Å². The lowest BCUT2D eigenvalue weighted by Crippen LogP contribution is -2.64. The van der Waals surface area contributed by atoms with E-state index in [4.69, 9.17) is 4.74 Å². The van der Waals surface area contributed by atoms with Crippen molar-refractivity contribution >= 4 is 5.91 Å². The van der Waals surface area contributed by atoms with E-state index >= 15 is 0 Å². The Bertz CT molecular complexity index is 629. The second kappa shape index (κ2) is 4.55. The first-order valence-electron chi connectivity index (χ1n) is 8.12. The third kappa shape index (κ3) is 2.01. The Balaban J connectivity index is 1.58. The smallest absolute Gasteiger partial charge is 0.274 e. The normalized spacial score (nSPS) is 29.9. The third-order valence-corrected chi connectivity index (χ3v) is 5.26. The Hall–Kier alpha value is -1.40. The van der Waals surface area contributed by atoms with E-state index in [2.05, 4.69) is 5.10 Å². The van der Waals surface area contributed by atoms with Gasteiger partial charge in [0.2, 0.25) is 0 Å². The molecule has 0 aromatic carbocycles. The van der Waals surface area contributed by atoms with Crippen LogP contribution < -0.4 is 0 Å². The van der Waals surface area contributed by atoms with Gasteiger partial charge in [0, 0.05) is 19.0 Å². The molecule has 1 N–H and O–H groups in total. The fourth-order valence-corrected chi connectivity index (χ4v) is 4.00. The molecular formula is C16H23N3O3. The second-order valence-corrected chi connectivity index (χ2v) is 7.17. The van der Waals surface area contributed by atoms with Gasteiger partial charge in [-0.15, -0.1) is 0 Å². The molecule has 22 heavy (non-hydrogen) atoms. The molecule has 0 bridgehead atoms. The number of ether oxygens (including phenoxy) is 1. The maximum absolute atomic E-state index is 12.8. The molecule has 3 aliphatic rings. The summed E-state index contributed by atoms with van der Waals surface area (Å²) in [6.45, 7) is 4.92. The lowest BCUT2D eigenvalue weighted by atomic mass is 9.88. The topological polar surface area (TPSA) is 67.6 Å². The Morgan fingerprint density at radius 3 is 2.68 bits per heavy atom. The molecule has 1 amide bonds. The minimum atomic E-state index is -0.645. The Labute approximate surface area is 130 Å². The fourth-order valence-electron chi connectivity index (χ4n) is 4.00. The maximum atomic E-state index is 12.8. The Kier molecular flexibility index (Phi) is 2.94. The number of aryl methyl sites for hydroxylation is 1. The Morgan fingerprint density at radius 2 is 2.05 bits per heavy atom. The van der Waals surface area contributed by atoms with Crippen molar-refractivity contribution in [2.45, 2.75) is 50.9 Å². The van der Waals surface area contributed by atoms with Gasteiger partial charge in [0.15, 0.2) is 5.69 Å². The van der Waals surface area contributed by atoms with Crippen LogP contribution in [0.15, 0.2) is 0 Å². The Morgan fingerprint density at radius 1 is 1.36 bits per heavy atom. The van der Waals surface area contributed by atoms with Crippen LogP contribution in [0.5, 0.6) is 0 Å². The first-order chi connectivity index (χ1) is 10.4. The molecule has 120 valence electrons. The largest absolute Gasteiger partial charge is 0.386 e. The van der Waals surface area contributed by atoms with E-state index in [9.17, 15) is 9.90 Å². The van der Waals surface area contributed by atoms with Crippen LogP contribution in [-0.2, 0) is 18.2 Å². The zero-order valence-electron chi connectivity index (χ0n) is 13.4. The first kappa shape index (κ1) is 14.2. The van der Waals surface area contributed by atoms with Crippen LogP contribution in [0.1, 0.15) is 54.5 Å². The van der Waals surface area contributed by atoms with Crippen LogP contribution in [0.3, 0.4) is 0 Å². The summed E-state index contributed by atoms with van der Waals surface area (Å²) < 4.78 is 7.60. The van der Waals surface area contributed by atoms with Crippen molar-refractivity contribution in [1.82, 2.24) is 14.7 Å². The summed E-state index contributed by atoms with van der Waals surface area (Å²) in [6.07, 6.45) is 2.94. The molecule has 2 atom stereocenters. The summed E-state index contributed by atoms with van der Waals surface area (Å²) in [5.74, 6) is 0.339. The number of carbonyl (C=O) groups excluding carboxylic acids is 1. The molecule has 2 aliphatic heterocycles. The number of aromatic nitrogens is 2. The van der Waals surface area contributed by atoms with Gasteiger partial charge in [0.1, 0.15) is 5.60 Å². The van der Waals surface area contributed by atoms with Crippen molar-refractivity contribution in [2.24, 2.45) is 13.0 Å². The van der Waals surface area contributed by atoms with Crippen LogP contribution in [0.4, 0.5) is 0 Å². The molecule has 1 saturated carbocycles. The molecule has 0 radical (unpaired) electrons. The number of aliphatic hydroxyl groups is 1. The third-order valence-electron chi connectivity index (χ3n) is 5.26. The van der Waals surface area contributed by atoms with Gasteiger partial charge >= 0.3 is 0 Å². The van der Waals surface area contributed by atoms with E-state index in [0.29, 0.717) is 24.7 Å². The van der Waals surface area contributed by atoms with Gasteiger partial charge in [-0.1, -0.05) is 0 Å². The number of fused-ring (bicyclic) bond motifs is 1. The lowest BCUT2D eigenvalue weighted by Gasteiger charge is -2.46. The van der Waals surface area contributed by atoms with Gasteiger partial charge in [0.25, 0.3) is 5.91 Å². The van der Waals surface area contributed by atoms with Crippen LogP contribution >= 0.6 is 0 Å². The lowest BCUT2D eigenvalue weighted by molar-refractivity contribution is -0.0960. The predicted molar refractivity (Wildman–Crippen MR) is 79.5 cm³/mol. The quantitative estimate of drug-likeness (QED) is 0.886. The van der Waals surface area contributed by atoms with Gasteiger partial charge in [-0.3, -0.25) is 9.48 Å². The van der Waals surface area contributed by atoms with Crippen LogP contribution in [0.2, 0.25) is 0 Å². The monoisotopic (exact) mass is 305 g/mol. The summed E-state index contributed by atoms with van der Waals surface area (Å²) in [7, 11) is 1.86. The highest BCUT2D eigenvalue weighted by atomic mass is 16.5. The number of hydrogen-bond donors (Lipinski definition) is 1. The first-order valence-corrected chi connectivity index (χ1v) is 8.12. The van der Waals surface area contributed by atoms with Crippen molar-refractivity contribution in [3.05, 3.63) is 17.0 Å². The number of carbonyl (C=O) groups is 1. The summed E-state index contributed by atoms with van der Waals surface area (Å²) in [6, 6.07) is 0. The molecule has 3 heterocycles. The number of β-amino-alcohol motifs (C(OH)–C–C–N with tert-alkyl or cyclic N) is 1. The zero-order chi connectivity index (χ0) is 15.6. The molecule has 0 spiro atoms. The van der Waals surface area contributed by atoms with Crippen molar-refractivity contribution < 1.29 is 14.6 Å². The molecular weight excluding hydrogens is 282 g/mol. The predicted octanol–water partition coefficient (Wildman–Crippen LogP) is 1.04. The number of nitrogens with zero attached hydrogens (tertiary/aromatic N) is 3. The molecule has 1 aromatic rings. The molecule has 1 aromatic heterocycles.